The molecule has 0 bridgehead atoms. The van der Waals surface area contributed by atoms with Crippen LogP contribution >= 0.6 is 0 Å². The van der Waals surface area contributed by atoms with Gasteiger partial charge in [-0.1, -0.05) is 121 Å². The molecule has 3 heteroatoms. The number of allylic oxidation sites excluding steroid dienone is 2. The molecule has 0 saturated heterocycles. The lowest BCUT2D eigenvalue weighted by Gasteiger charge is -2.05. The molecule has 0 fully saturated rings. The summed E-state index contributed by atoms with van der Waals surface area (Å²) in [5, 5.41) is 0. The van der Waals surface area contributed by atoms with E-state index in [0.717, 1.165) is 18.4 Å². The van der Waals surface area contributed by atoms with Crippen LogP contribution in [0.1, 0.15) is 147 Å². The Balaban J connectivity index is 1.72. The Bertz CT molecular complexity index is 584. The Morgan fingerprint density at radius 2 is 1.24 bits per heavy atom. The smallest absolute Gasteiger partial charge is 0.306 e. The van der Waals surface area contributed by atoms with Gasteiger partial charge in [0.1, 0.15) is 6.61 Å². The number of rotatable bonds is 24. The number of hydrogen-bond donors (Lipinski definition) is 0. The molecule has 0 aromatic carbocycles. The average Bonchev–Trinajstić information content (AvgIpc) is 2.86. The molecule has 0 radical (unpaired) electrons. The van der Waals surface area contributed by atoms with Crippen LogP contribution in [0.2, 0.25) is 0 Å². The van der Waals surface area contributed by atoms with Gasteiger partial charge in [0, 0.05) is 24.4 Å². The first kappa shape index (κ1) is 30.4. The van der Waals surface area contributed by atoms with Crippen LogP contribution in [0.5, 0.6) is 0 Å². The third kappa shape index (κ3) is 20.9. The van der Waals surface area contributed by atoms with Gasteiger partial charge in [-0.25, -0.2) is 0 Å². The van der Waals surface area contributed by atoms with E-state index in [2.05, 4.69) is 24.1 Å². The van der Waals surface area contributed by atoms with E-state index in [1.165, 1.54) is 116 Å². The topological polar surface area (TPSA) is 39.2 Å². The van der Waals surface area contributed by atoms with E-state index in [-0.39, 0.29) is 5.97 Å². The van der Waals surface area contributed by atoms with Gasteiger partial charge in [-0.15, -0.1) is 0 Å². The first-order chi connectivity index (χ1) is 16.8. The Hall–Kier alpha value is -1.64. The zero-order valence-electron chi connectivity index (χ0n) is 22.3. The van der Waals surface area contributed by atoms with Gasteiger partial charge in [-0.3, -0.25) is 9.78 Å². The quantitative estimate of drug-likeness (QED) is 0.0855. The highest BCUT2D eigenvalue weighted by Gasteiger charge is 2.03. The first-order valence-corrected chi connectivity index (χ1v) is 14.5. The van der Waals surface area contributed by atoms with E-state index in [0.29, 0.717) is 13.0 Å². The van der Waals surface area contributed by atoms with Gasteiger partial charge in [-0.2, -0.15) is 0 Å². The summed E-state index contributed by atoms with van der Waals surface area (Å²) in [5.41, 5.74) is 0.946. The molecule has 0 saturated carbocycles. The molecule has 0 spiro atoms. The van der Waals surface area contributed by atoms with E-state index in [1.807, 2.05) is 12.1 Å². The highest BCUT2D eigenvalue weighted by atomic mass is 16.5. The second-order valence-electron chi connectivity index (χ2n) is 9.83. The number of carbonyl (C=O) groups excluding carboxylic acids is 1. The number of esters is 1. The summed E-state index contributed by atoms with van der Waals surface area (Å²) in [6.07, 6.45) is 35.5. The standard InChI is InChI=1S/C31H53NO2/c1-2-3-4-5-6-7-8-9-10-11-12-13-14-15-16-17-18-19-20-21-22-23-26-31(33)34-29-30-25-24-27-32-28-30/h9-10,24-25,27-28H,2-8,11-23,26,29H2,1H3/b10-9-. The van der Waals surface area contributed by atoms with Crippen LogP contribution in [0.15, 0.2) is 36.7 Å². The number of nitrogens with zero attached hydrogens (tertiary/aromatic N) is 1. The maximum atomic E-state index is 11.8. The highest BCUT2D eigenvalue weighted by molar-refractivity contribution is 5.69. The molecule has 0 atom stereocenters. The lowest BCUT2D eigenvalue weighted by atomic mass is 10.0. The minimum Gasteiger partial charge on any atom is -0.461 e. The van der Waals surface area contributed by atoms with Crippen molar-refractivity contribution in [2.45, 2.75) is 148 Å². The summed E-state index contributed by atoms with van der Waals surface area (Å²) < 4.78 is 5.29. The van der Waals surface area contributed by atoms with Crippen molar-refractivity contribution in [3.63, 3.8) is 0 Å². The number of ether oxygens (including phenoxy) is 1. The first-order valence-electron chi connectivity index (χ1n) is 14.5. The van der Waals surface area contributed by atoms with Crippen molar-refractivity contribution >= 4 is 5.97 Å². The summed E-state index contributed by atoms with van der Waals surface area (Å²) in [5.74, 6) is -0.0898. The fourth-order valence-corrected chi connectivity index (χ4v) is 4.30. The summed E-state index contributed by atoms with van der Waals surface area (Å²) in [4.78, 5) is 15.8. The zero-order valence-corrected chi connectivity index (χ0v) is 22.3. The molecule has 3 nitrogen and oxygen atoms in total. The number of carbonyl (C=O) groups is 1. The van der Waals surface area contributed by atoms with E-state index < -0.39 is 0 Å². The van der Waals surface area contributed by atoms with Crippen LogP contribution in [0.3, 0.4) is 0 Å². The molecule has 194 valence electrons. The molecule has 1 heterocycles. The van der Waals surface area contributed by atoms with Crippen LogP contribution in [0.4, 0.5) is 0 Å². The highest BCUT2D eigenvalue weighted by Crippen LogP contribution is 2.14. The van der Waals surface area contributed by atoms with Crippen LogP contribution in [0, 0.1) is 0 Å². The Morgan fingerprint density at radius 3 is 1.74 bits per heavy atom. The number of pyridine rings is 1. The fourth-order valence-electron chi connectivity index (χ4n) is 4.30. The predicted molar refractivity (Wildman–Crippen MR) is 146 cm³/mol. The van der Waals surface area contributed by atoms with Crippen LogP contribution in [-0.2, 0) is 16.1 Å². The zero-order chi connectivity index (χ0) is 24.4. The summed E-state index contributed by atoms with van der Waals surface area (Å²) in [7, 11) is 0. The van der Waals surface area contributed by atoms with Crippen LogP contribution in [-0.4, -0.2) is 11.0 Å². The van der Waals surface area contributed by atoms with E-state index in [4.69, 9.17) is 4.74 Å². The Kier molecular flexibility index (Phi) is 21.9. The molecule has 34 heavy (non-hydrogen) atoms. The number of hydrogen-bond acceptors (Lipinski definition) is 3. The van der Waals surface area contributed by atoms with Gasteiger partial charge in [0.2, 0.25) is 0 Å². The largest absolute Gasteiger partial charge is 0.461 e. The normalized spacial score (nSPS) is 11.3. The second-order valence-corrected chi connectivity index (χ2v) is 9.83. The van der Waals surface area contributed by atoms with Crippen LogP contribution < -0.4 is 0 Å². The molecule has 0 amide bonds. The number of aromatic nitrogens is 1. The molecular formula is C31H53NO2. The van der Waals surface area contributed by atoms with E-state index >= 15 is 0 Å². The number of unbranched alkanes of at least 4 members (excludes halogenated alkanes) is 18. The summed E-state index contributed by atoms with van der Waals surface area (Å²) >= 11 is 0. The minimum atomic E-state index is -0.0898. The maximum Gasteiger partial charge on any atom is 0.306 e. The van der Waals surface area contributed by atoms with E-state index in [1.54, 1.807) is 12.4 Å². The summed E-state index contributed by atoms with van der Waals surface area (Å²) in [6, 6.07) is 3.79. The molecule has 0 aliphatic heterocycles. The third-order valence-electron chi connectivity index (χ3n) is 6.52. The van der Waals surface area contributed by atoms with Crippen molar-refractivity contribution in [2.75, 3.05) is 0 Å². The van der Waals surface area contributed by atoms with Crippen molar-refractivity contribution in [2.24, 2.45) is 0 Å². The van der Waals surface area contributed by atoms with Crippen molar-refractivity contribution in [1.29, 1.82) is 0 Å². The lowest BCUT2D eigenvalue weighted by Crippen LogP contribution is -2.04. The van der Waals surface area contributed by atoms with Crippen molar-refractivity contribution in [3.8, 4) is 0 Å². The lowest BCUT2D eigenvalue weighted by molar-refractivity contribution is -0.145. The van der Waals surface area contributed by atoms with Crippen LogP contribution in [0.25, 0.3) is 0 Å². The SMILES string of the molecule is CCCCCCCC/C=C\CCCCCCCCCCCCCCC(=O)OCc1cccnc1. The predicted octanol–water partition coefficient (Wildman–Crippen LogP) is 9.89. The van der Waals surface area contributed by atoms with E-state index in [9.17, 15) is 4.79 Å². The molecular weight excluding hydrogens is 418 g/mol. The average molecular weight is 472 g/mol. The molecule has 1 aromatic rings. The Labute approximate surface area is 211 Å². The fraction of sp³-hybridized carbons (Fsp3) is 0.742. The minimum absolute atomic E-state index is 0.0898. The van der Waals surface area contributed by atoms with Gasteiger partial charge in [0.15, 0.2) is 0 Å². The Morgan fingerprint density at radius 1 is 0.735 bits per heavy atom. The third-order valence-corrected chi connectivity index (χ3v) is 6.52. The maximum absolute atomic E-state index is 11.8. The molecule has 0 N–H and O–H groups in total. The second kappa shape index (κ2) is 24.5. The van der Waals surface area contributed by atoms with Gasteiger partial charge < -0.3 is 4.74 Å². The monoisotopic (exact) mass is 471 g/mol. The summed E-state index contributed by atoms with van der Waals surface area (Å²) in [6.45, 7) is 2.62. The van der Waals surface area contributed by atoms with Gasteiger partial charge >= 0.3 is 5.97 Å². The van der Waals surface area contributed by atoms with Gasteiger partial charge in [0.05, 0.1) is 0 Å². The molecule has 1 aromatic heterocycles. The van der Waals surface area contributed by atoms with Crippen molar-refractivity contribution in [3.05, 3.63) is 42.2 Å². The molecule has 0 unspecified atom stereocenters. The van der Waals surface area contributed by atoms with Gasteiger partial charge in [-0.05, 0) is 38.2 Å². The molecule has 0 aliphatic carbocycles. The molecule has 1 rings (SSSR count). The van der Waals surface area contributed by atoms with Gasteiger partial charge in [0.25, 0.3) is 0 Å². The van der Waals surface area contributed by atoms with Crippen molar-refractivity contribution in [1.82, 2.24) is 4.98 Å². The van der Waals surface area contributed by atoms with Crippen molar-refractivity contribution < 1.29 is 9.53 Å². The molecule has 0 aliphatic rings.